The van der Waals surface area contributed by atoms with E-state index in [0.29, 0.717) is 34.9 Å². The van der Waals surface area contributed by atoms with Gasteiger partial charge in [0, 0.05) is 76.8 Å². The van der Waals surface area contributed by atoms with E-state index in [9.17, 15) is 0 Å². The normalized spacial score (nSPS) is 11.5. The molecule has 0 aliphatic rings. The Kier molecular flexibility index (Phi) is 18.0. The maximum Gasteiger partial charge on any atom is 0.166 e. The lowest BCUT2D eigenvalue weighted by Gasteiger charge is -2.15. The SMILES string of the molecule is c1ccc(-c2cc(-c3ccccc3)cc(-c3nc(-c4ccccc4)nc(-c4ccccc4-n4c5ccccc5c5c6oc7c(-c8ccccc8)cccc7c6ccc54)n3)c2)cc1.c1ccc(-c2ccc(-c3nc(-c4ccc(-c5ccccc5)cc4)nc(-c4ccccc4-n4c5ccccc5c5c6oc7c(-c8ccccc8)cccc7c6ccc54)n3)cc2)cc1. The number of fused-ring (bicyclic) bond motifs is 14. The summed E-state index contributed by atoms with van der Waals surface area (Å²) < 4.78 is 18.6. The van der Waals surface area contributed by atoms with Gasteiger partial charge in [-0.05, 0) is 134 Å². The summed E-state index contributed by atoms with van der Waals surface area (Å²) in [6.45, 7) is 0. The summed E-state index contributed by atoms with van der Waals surface area (Å²) in [4.78, 5) is 31.5. The lowest BCUT2D eigenvalue weighted by molar-refractivity contribution is 0.673. The van der Waals surface area contributed by atoms with E-state index in [1.54, 1.807) is 0 Å². The summed E-state index contributed by atoms with van der Waals surface area (Å²) in [7, 11) is 0. The molecule has 0 aliphatic carbocycles. The summed E-state index contributed by atoms with van der Waals surface area (Å²) in [5.41, 5.74) is 28.4. The molecule has 0 atom stereocenters. The minimum absolute atomic E-state index is 0.582. The lowest BCUT2D eigenvalue weighted by Crippen LogP contribution is -2.03. The van der Waals surface area contributed by atoms with Crippen LogP contribution in [0.4, 0.5) is 0 Å². The van der Waals surface area contributed by atoms with Crippen LogP contribution in [-0.4, -0.2) is 39.0 Å². The molecule has 124 heavy (non-hydrogen) atoms. The van der Waals surface area contributed by atoms with E-state index < -0.39 is 0 Å². The van der Waals surface area contributed by atoms with Gasteiger partial charge in [-0.25, -0.2) is 29.9 Å². The number of benzene rings is 18. The molecule has 10 nitrogen and oxygen atoms in total. The average Bonchev–Trinajstić information content (AvgIpc) is 1.56. The molecule has 0 unspecified atom stereocenters. The fourth-order valence-electron chi connectivity index (χ4n) is 17.9. The maximum atomic E-state index is 6.99. The summed E-state index contributed by atoms with van der Waals surface area (Å²) >= 11 is 0. The lowest BCUT2D eigenvalue weighted by atomic mass is 9.96. The Morgan fingerprint density at radius 2 is 0.411 bits per heavy atom. The molecule has 0 N–H and O–H groups in total. The molecule has 0 radical (unpaired) electrons. The minimum Gasteiger partial charge on any atom is -0.455 e. The molecule has 580 valence electrons. The zero-order valence-corrected chi connectivity index (χ0v) is 67.0. The van der Waals surface area contributed by atoms with Crippen molar-refractivity contribution >= 4 is 87.5 Å². The summed E-state index contributed by atoms with van der Waals surface area (Å²) in [5.74, 6) is 3.58. The quantitative estimate of drug-likeness (QED) is 0.106. The molecule has 24 aromatic rings. The zero-order valence-electron chi connectivity index (χ0n) is 67.0. The summed E-state index contributed by atoms with van der Waals surface area (Å²) in [6, 6.07) is 152. The van der Waals surface area contributed by atoms with Gasteiger partial charge in [0.25, 0.3) is 0 Å². The topological polar surface area (TPSA) is 113 Å². The van der Waals surface area contributed by atoms with Crippen LogP contribution in [0.25, 0.3) is 234 Å². The number of para-hydroxylation sites is 6. The first-order chi connectivity index (χ1) is 61.5. The van der Waals surface area contributed by atoms with Crippen LogP contribution in [0.2, 0.25) is 0 Å². The van der Waals surface area contributed by atoms with Crippen molar-refractivity contribution in [3.8, 4) is 146 Å². The van der Waals surface area contributed by atoms with E-state index >= 15 is 0 Å². The number of rotatable bonds is 14. The molecule has 0 amide bonds. The number of nitrogens with zero attached hydrogens (tertiary/aromatic N) is 8. The maximum absolute atomic E-state index is 6.99. The molecule has 18 aromatic carbocycles. The highest BCUT2D eigenvalue weighted by molar-refractivity contribution is 6.26. The molecule has 10 heteroatoms. The second-order valence-corrected chi connectivity index (χ2v) is 31.1. The Morgan fingerprint density at radius 3 is 0.798 bits per heavy atom. The van der Waals surface area contributed by atoms with Crippen LogP contribution in [0.1, 0.15) is 0 Å². The second kappa shape index (κ2) is 30.8. The first kappa shape index (κ1) is 72.4. The third kappa shape index (κ3) is 12.9. The van der Waals surface area contributed by atoms with Crippen molar-refractivity contribution in [3.63, 3.8) is 0 Å². The molecular formula is C114H72N8O2. The van der Waals surface area contributed by atoms with Crippen LogP contribution in [0.3, 0.4) is 0 Å². The van der Waals surface area contributed by atoms with E-state index in [2.05, 4.69) is 391 Å². The molecule has 0 aliphatic heterocycles. The number of hydrogen-bond donors (Lipinski definition) is 0. The van der Waals surface area contributed by atoms with Crippen molar-refractivity contribution < 1.29 is 8.83 Å². The first-order valence-corrected chi connectivity index (χ1v) is 41.7. The Labute approximate surface area is 713 Å². The molecule has 6 heterocycles. The van der Waals surface area contributed by atoms with Gasteiger partial charge in [-0.3, -0.25) is 0 Å². The van der Waals surface area contributed by atoms with Gasteiger partial charge in [-0.15, -0.1) is 0 Å². The van der Waals surface area contributed by atoms with Gasteiger partial charge in [-0.1, -0.05) is 358 Å². The van der Waals surface area contributed by atoms with E-state index in [0.717, 1.165) is 199 Å². The monoisotopic (exact) mass is 1580 g/mol. The number of aromatic nitrogens is 8. The Bertz CT molecular complexity index is 8020. The largest absolute Gasteiger partial charge is 0.455 e. The molecule has 0 bridgehead atoms. The summed E-state index contributed by atoms with van der Waals surface area (Å²) in [5, 5.41) is 8.71. The van der Waals surface area contributed by atoms with Gasteiger partial charge in [0.1, 0.15) is 22.3 Å². The van der Waals surface area contributed by atoms with Crippen molar-refractivity contribution in [1.29, 1.82) is 0 Å². The van der Waals surface area contributed by atoms with Crippen molar-refractivity contribution in [2.24, 2.45) is 0 Å². The van der Waals surface area contributed by atoms with E-state index in [1.165, 1.54) is 0 Å². The third-order valence-corrected chi connectivity index (χ3v) is 23.8. The smallest absolute Gasteiger partial charge is 0.166 e. The Morgan fingerprint density at radius 1 is 0.153 bits per heavy atom. The van der Waals surface area contributed by atoms with Gasteiger partial charge in [-0.2, -0.15) is 0 Å². The molecule has 0 saturated carbocycles. The van der Waals surface area contributed by atoms with Gasteiger partial charge in [0.05, 0.1) is 44.2 Å². The van der Waals surface area contributed by atoms with E-state index in [4.69, 9.17) is 38.7 Å². The predicted molar refractivity (Wildman–Crippen MR) is 508 cm³/mol. The molecular weight excluding hydrogens is 1510 g/mol. The average molecular weight is 1590 g/mol. The van der Waals surface area contributed by atoms with Crippen LogP contribution in [0, 0.1) is 0 Å². The molecule has 0 spiro atoms. The third-order valence-electron chi connectivity index (χ3n) is 23.8. The molecule has 24 rings (SSSR count). The van der Waals surface area contributed by atoms with Crippen LogP contribution in [0.15, 0.2) is 446 Å². The molecule has 0 saturated heterocycles. The van der Waals surface area contributed by atoms with Crippen LogP contribution >= 0.6 is 0 Å². The highest BCUT2D eigenvalue weighted by Crippen LogP contribution is 2.48. The minimum atomic E-state index is 0.582. The highest BCUT2D eigenvalue weighted by atomic mass is 16.3. The first-order valence-electron chi connectivity index (χ1n) is 41.7. The van der Waals surface area contributed by atoms with Gasteiger partial charge < -0.3 is 18.0 Å². The zero-order chi connectivity index (χ0) is 82.0. The van der Waals surface area contributed by atoms with Crippen LogP contribution < -0.4 is 0 Å². The van der Waals surface area contributed by atoms with Crippen LogP contribution in [0.5, 0.6) is 0 Å². The van der Waals surface area contributed by atoms with Crippen molar-refractivity contribution in [1.82, 2.24) is 39.0 Å². The molecule has 6 aromatic heterocycles. The molecule has 0 fully saturated rings. The Hall–Kier alpha value is -16.8. The van der Waals surface area contributed by atoms with E-state index in [1.807, 2.05) is 54.6 Å². The number of furan rings is 2. The fraction of sp³-hybridized carbons (Fsp3) is 0. The van der Waals surface area contributed by atoms with Crippen molar-refractivity contribution in [2.75, 3.05) is 0 Å². The predicted octanol–water partition coefficient (Wildman–Crippen LogP) is 29.7. The number of hydrogen-bond acceptors (Lipinski definition) is 8. The van der Waals surface area contributed by atoms with Crippen LogP contribution in [-0.2, 0) is 0 Å². The van der Waals surface area contributed by atoms with E-state index in [-0.39, 0.29) is 0 Å². The van der Waals surface area contributed by atoms with Crippen molar-refractivity contribution in [3.05, 3.63) is 437 Å². The second-order valence-electron chi connectivity index (χ2n) is 31.1. The van der Waals surface area contributed by atoms with Gasteiger partial charge in [0.15, 0.2) is 34.9 Å². The standard InChI is InChI=1S/2C57H36N4O/c1-5-18-37(19-6-1)41-34-42(38-20-7-2-8-21-38)36-43(35-41)56-58-55(40-24-11-4-12-25-40)59-57(60-56)48-27-14-16-31-50(48)61-49-30-15-13-26-47(49)52-51(61)33-32-46-45-29-17-28-44(53(45)62-54(46)52)39-22-9-3-10-23-39;1-4-15-37(16-5-1)39-27-31-42(32-28-39)55-58-56(43-33-29-40(30-34-43)38-17-6-2-7-18-38)60-57(59-55)48-22-11-13-26-50(48)61-49-25-12-10-21-47(49)52-51(61)36-35-46-45-24-14-23-44(53(45)62-54(46)52)41-19-8-3-9-20-41/h2*1-36H. The highest BCUT2D eigenvalue weighted by Gasteiger charge is 2.27. The Balaban J connectivity index is 0.000000143. The van der Waals surface area contributed by atoms with Gasteiger partial charge >= 0.3 is 0 Å². The fourth-order valence-corrected chi connectivity index (χ4v) is 17.9. The van der Waals surface area contributed by atoms with Crippen molar-refractivity contribution in [2.45, 2.75) is 0 Å². The van der Waals surface area contributed by atoms with Gasteiger partial charge in [0.2, 0.25) is 0 Å². The summed E-state index contributed by atoms with van der Waals surface area (Å²) in [6.07, 6.45) is 0.